The normalized spacial score (nSPS) is 10.6. The summed E-state index contributed by atoms with van der Waals surface area (Å²) >= 11 is 4.65. The minimum Gasteiger partial charge on any atom is -0.207 e. The highest BCUT2D eigenvalue weighted by Crippen LogP contribution is 2.17. The first-order valence-electron chi connectivity index (χ1n) is 3.74. The van der Waals surface area contributed by atoms with Crippen molar-refractivity contribution >= 4 is 12.2 Å². The van der Waals surface area contributed by atoms with E-state index in [1.54, 1.807) is 0 Å². The Morgan fingerprint density at radius 3 is 2.27 bits per heavy atom. The quantitative estimate of drug-likeness (QED) is 0.762. The van der Waals surface area contributed by atoms with E-state index in [-0.39, 0.29) is 4.77 Å². The molecule has 2 aromatic rings. The molecule has 4 nitrogen and oxygen atoms in total. The highest BCUT2D eigenvalue weighted by molar-refractivity contribution is 7.71. The first-order valence-corrected chi connectivity index (χ1v) is 4.15. The Bertz CT molecular complexity index is 538. The molecule has 0 radical (unpaired) electrons. The number of tetrazole rings is 1. The molecule has 1 N–H and O–H groups in total. The van der Waals surface area contributed by atoms with E-state index in [0.29, 0.717) is 12.1 Å². The van der Waals surface area contributed by atoms with Crippen molar-refractivity contribution in [1.29, 1.82) is 0 Å². The third kappa shape index (κ3) is 1.63. The van der Waals surface area contributed by atoms with E-state index in [1.165, 1.54) is 0 Å². The minimum atomic E-state index is -1.09. The molecule has 2 rings (SSSR count). The third-order valence-electron chi connectivity index (χ3n) is 1.68. The Balaban J connectivity index is 2.74. The Morgan fingerprint density at radius 1 is 1.20 bits per heavy atom. The fraction of sp³-hybridized carbons (Fsp3) is 0. The van der Waals surface area contributed by atoms with Crippen LogP contribution in [0.1, 0.15) is 0 Å². The molecule has 1 aromatic carbocycles. The summed E-state index contributed by atoms with van der Waals surface area (Å²) in [6, 6.07) is 1.09. The molecule has 0 saturated carbocycles. The van der Waals surface area contributed by atoms with Gasteiger partial charge in [0, 0.05) is 12.1 Å². The highest BCUT2D eigenvalue weighted by atomic mass is 32.1. The molecule has 0 aliphatic carbocycles. The smallest absolute Gasteiger partial charge is 0.207 e. The molecule has 0 unspecified atom stereocenters. The molecular weight excluding hydrogens is 229 g/mol. The number of rotatable bonds is 1. The van der Waals surface area contributed by atoms with Crippen LogP contribution in [0, 0.1) is 22.2 Å². The minimum absolute atomic E-state index is 0.153. The average molecular weight is 232 g/mol. The van der Waals surface area contributed by atoms with Crippen molar-refractivity contribution in [3.63, 3.8) is 0 Å². The van der Waals surface area contributed by atoms with E-state index in [0.717, 1.165) is 4.68 Å². The number of hydrogen-bond donors (Lipinski definition) is 1. The van der Waals surface area contributed by atoms with Gasteiger partial charge in [-0.3, -0.25) is 0 Å². The van der Waals surface area contributed by atoms with Gasteiger partial charge in [-0.2, -0.15) is 5.21 Å². The van der Waals surface area contributed by atoms with Crippen molar-refractivity contribution in [2.45, 2.75) is 0 Å². The molecule has 15 heavy (non-hydrogen) atoms. The van der Waals surface area contributed by atoms with Gasteiger partial charge in [-0.1, -0.05) is 10.3 Å². The largest absolute Gasteiger partial charge is 0.243 e. The maximum Gasteiger partial charge on any atom is 0.243 e. The molecular formula is C7H3F3N4S. The summed E-state index contributed by atoms with van der Waals surface area (Å²) in [6.45, 7) is 0. The van der Waals surface area contributed by atoms with E-state index in [1.807, 2.05) is 0 Å². The third-order valence-corrected chi connectivity index (χ3v) is 1.94. The Labute approximate surface area is 86.3 Å². The maximum absolute atomic E-state index is 13.2. The van der Waals surface area contributed by atoms with Gasteiger partial charge >= 0.3 is 0 Å². The summed E-state index contributed by atoms with van der Waals surface area (Å²) in [6.07, 6.45) is 0. The second-order valence-electron chi connectivity index (χ2n) is 2.64. The van der Waals surface area contributed by atoms with Crippen molar-refractivity contribution in [2.75, 3.05) is 0 Å². The van der Waals surface area contributed by atoms with Crippen LogP contribution in [0.3, 0.4) is 0 Å². The molecule has 0 saturated heterocycles. The lowest BCUT2D eigenvalue weighted by atomic mass is 10.3. The Hall–Kier alpha value is -1.70. The molecule has 1 heterocycles. The molecule has 0 spiro atoms. The number of aromatic nitrogens is 4. The fourth-order valence-electron chi connectivity index (χ4n) is 1.09. The Morgan fingerprint density at radius 2 is 1.80 bits per heavy atom. The van der Waals surface area contributed by atoms with Gasteiger partial charge in [-0.25, -0.2) is 17.9 Å². The van der Waals surface area contributed by atoms with Crippen LogP contribution in [0.25, 0.3) is 5.69 Å². The summed E-state index contributed by atoms with van der Waals surface area (Å²) in [5, 5.41) is 8.77. The summed E-state index contributed by atoms with van der Waals surface area (Å²) in [4.78, 5) is 0. The van der Waals surface area contributed by atoms with Crippen molar-refractivity contribution < 1.29 is 13.2 Å². The zero-order valence-corrected chi connectivity index (χ0v) is 7.85. The molecule has 1 aromatic heterocycles. The first-order chi connectivity index (χ1) is 7.09. The van der Waals surface area contributed by atoms with E-state index < -0.39 is 23.1 Å². The second kappa shape index (κ2) is 3.46. The SMILES string of the molecule is Fc1cc(F)c(-n2[nH]nnc2=S)c(F)c1. The van der Waals surface area contributed by atoms with Crippen molar-refractivity contribution in [3.8, 4) is 5.69 Å². The average Bonchev–Trinajstić information content (AvgIpc) is 2.50. The van der Waals surface area contributed by atoms with Crippen LogP contribution in [0.5, 0.6) is 0 Å². The number of benzene rings is 1. The van der Waals surface area contributed by atoms with Gasteiger partial charge in [0.2, 0.25) is 4.77 Å². The van der Waals surface area contributed by atoms with E-state index in [4.69, 9.17) is 0 Å². The zero-order chi connectivity index (χ0) is 11.0. The monoisotopic (exact) mass is 232 g/mol. The second-order valence-corrected chi connectivity index (χ2v) is 3.00. The predicted molar refractivity (Wildman–Crippen MR) is 46.4 cm³/mol. The Kier molecular flexibility index (Phi) is 2.27. The van der Waals surface area contributed by atoms with Gasteiger partial charge in [-0.05, 0) is 12.2 Å². The van der Waals surface area contributed by atoms with E-state index in [9.17, 15) is 13.2 Å². The number of halogens is 3. The highest BCUT2D eigenvalue weighted by Gasteiger charge is 2.14. The number of nitrogens with zero attached hydrogens (tertiary/aromatic N) is 3. The van der Waals surface area contributed by atoms with Crippen LogP contribution in [-0.4, -0.2) is 20.2 Å². The molecule has 78 valence electrons. The lowest BCUT2D eigenvalue weighted by molar-refractivity contribution is 0.525. The molecule has 0 fully saturated rings. The summed E-state index contributed by atoms with van der Waals surface area (Å²) in [7, 11) is 0. The topological polar surface area (TPSA) is 46.5 Å². The van der Waals surface area contributed by atoms with Gasteiger partial charge in [0.1, 0.15) is 11.5 Å². The van der Waals surface area contributed by atoms with Crippen LogP contribution in [0.2, 0.25) is 0 Å². The van der Waals surface area contributed by atoms with Crippen LogP contribution in [0.4, 0.5) is 13.2 Å². The molecule has 0 amide bonds. The van der Waals surface area contributed by atoms with E-state index >= 15 is 0 Å². The lowest BCUT2D eigenvalue weighted by Gasteiger charge is -2.03. The van der Waals surface area contributed by atoms with Crippen LogP contribution < -0.4 is 0 Å². The van der Waals surface area contributed by atoms with Crippen LogP contribution in [0.15, 0.2) is 12.1 Å². The predicted octanol–water partition coefficient (Wildman–Crippen LogP) is 1.74. The fourth-order valence-corrected chi connectivity index (χ4v) is 1.26. The van der Waals surface area contributed by atoms with Crippen molar-refractivity contribution in [3.05, 3.63) is 34.4 Å². The standard InChI is InChI=1S/C7H3F3N4S/c8-3-1-4(9)6(5(10)2-3)14-7(15)11-12-13-14/h1-2H,(H,11,13,15). The first kappa shape index (κ1) is 9.84. The van der Waals surface area contributed by atoms with Gasteiger partial charge in [0.15, 0.2) is 11.6 Å². The number of H-pyrrole nitrogens is 1. The van der Waals surface area contributed by atoms with E-state index in [2.05, 4.69) is 27.7 Å². The molecule has 8 heteroatoms. The number of nitrogens with one attached hydrogen (secondary N) is 1. The summed E-state index contributed by atoms with van der Waals surface area (Å²) < 4.78 is 39.7. The van der Waals surface area contributed by atoms with Crippen LogP contribution >= 0.6 is 12.2 Å². The number of hydrogen-bond acceptors (Lipinski definition) is 3. The van der Waals surface area contributed by atoms with Gasteiger partial charge in [-0.15, -0.1) is 0 Å². The molecule has 0 bridgehead atoms. The zero-order valence-electron chi connectivity index (χ0n) is 7.04. The molecule has 0 atom stereocenters. The number of aromatic amines is 1. The summed E-state index contributed by atoms with van der Waals surface area (Å²) in [5.41, 5.74) is -0.536. The maximum atomic E-state index is 13.2. The van der Waals surface area contributed by atoms with Crippen molar-refractivity contribution in [1.82, 2.24) is 20.2 Å². The van der Waals surface area contributed by atoms with Gasteiger partial charge in [0.25, 0.3) is 0 Å². The van der Waals surface area contributed by atoms with Crippen molar-refractivity contribution in [2.24, 2.45) is 0 Å². The molecule has 0 aliphatic rings. The van der Waals surface area contributed by atoms with Gasteiger partial charge in [0.05, 0.1) is 0 Å². The van der Waals surface area contributed by atoms with Crippen LogP contribution in [-0.2, 0) is 0 Å². The molecule has 0 aliphatic heterocycles. The summed E-state index contributed by atoms with van der Waals surface area (Å²) in [5.74, 6) is -3.18. The van der Waals surface area contributed by atoms with Gasteiger partial charge < -0.3 is 0 Å². The lowest BCUT2D eigenvalue weighted by Crippen LogP contribution is -2.04.